The predicted molar refractivity (Wildman–Crippen MR) is 105 cm³/mol. The molecule has 1 saturated heterocycles. The van der Waals surface area contributed by atoms with Gasteiger partial charge in [-0.25, -0.2) is 0 Å². The first kappa shape index (κ1) is 16.9. The number of hydrogen-bond donors (Lipinski definition) is 0. The Morgan fingerprint density at radius 2 is 1.59 bits per heavy atom. The normalized spacial score (nSPS) is 20.4. The van der Waals surface area contributed by atoms with Crippen molar-refractivity contribution in [3.8, 4) is 0 Å². The highest BCUT2D eigenvalue weighted by molar-refractivity contribution is 6.09. The van der Waals surface area contributed by atoms with Crippen LogP contribution in [0.1, 0.15) is 36.8 Å². The molecule has 1 nitrogen and oxygen atoms in total. The number of aryl methyl sites for hydroxylation is 2. The molecule has 27 heavy (non-hydrogen) atoms. The summed E-state index contributed by atoms with van der Waals surface area (Å²) in [5.74, 6) is 0. The van der Waals surface area contributed by atoms with Gasteiger partial charge in [0.1, 0.15) is 6.04 Å². The summed E-state index contributed by atoms with van der Waals surface area (Å²) in [6.07, 6.45) is 1.36. The largest absolute Gasteiger partial charge is 0.408 e. The Labute approximate surface area is 156 Å². The van der Waals surface area contributed by atoms with Crippen LogP contribution in [0.25, 0.3) is 21.5 Å². The molecule has 1 fully saturated rings. The van der Waals surface area contributed by atoms with Crippen LogP contribution in [-0.4, -0.2) is 18.8 Å². The van der Waals surface area contributed by atoms with Crippen LogP contribution >= 0.6 is 0 Å². The lowest BCUT2D eigenvalue weighted by Gasteiger charge is -2.28. The summed E-state index contributed by atoms with van der Waals surface area (Å²) in [7, 11) is 0. The summed E-state index contributed by atoms with van der Waals surface area (Å²) in [4.78, 5) is 1.52. The van der Waals surface area contributed by atoms with Gasteiger partial charge < -0.3 is 4.90 Å². The maximum Gasteiger partial charge on any atom is 0.408 e. The van der Waals surface area contributed by atoms with E-state index in [2.05, 4.69) is 24.3 Å². The number of fused-ring (bicyclic) bond motifs is 5. The molecule has 4 heteroatoms. The summed E-state index contributed by atoms with van der Waals surface area (Å²) in [5.41, 5.74) is 3.59. The summed E-state index contributed by atoms with van der Waals surface area (Å²) < 4.78 is 40.0. The number of anilines is 1. The number of halogens is 3. The Morgan fingerprint density at radius 3 is 2.44 bits per heavy atom. The van der Waals surface area contributed by atoms with Gasteiger partial charge in [-0.15, -0.1) is 0 Å². The van der Waals surface area contributed by atoms with Crippen LogP contribution in [0, 0.1) is 0 Å². The number of benzene rings is 3. The van der Waals surface area contributed by atoms with Crippen LogP contribution in [0.4, 0.5) is 18.9 Å². The lowest BCUT2D eigenvalue weighted by atomic mass is 9.86. The molecular weight excluding hydrogens is 347 g/mol. The number of nitrogens with zero attached hydrogens (tertiary/aromatic N) is 1. The van der Waals surface area contributed by atoms with Crippen LogP contribution < -0.4 is 4.90 Å². The van der Waals surface area contributed by atoms with Gasteiger partial charge in [0.05, 0.1) is 0 Å². The summed E-state index contributed by atoms with van der Waals surface area (Å²) in [5, 5.41) is 4.67. The van der Waals surface area contributed by atoms with E-state index < -0.39 is 12.2 Å². The molecule has 1 heterocycles. The lowest BCUT2D eigenvalue weighted by Crippen LogP contribution is -2.41. The van der Waals surface area contributed by atoms with Gasteiger partial charge in [0.2, 0.25) is 0 Å². The molecule has 0 aromatic heterocycles. The van der Waals surface area contributed by atoms with Gasteiger partial charge in [0.15, 0.2) is 0 Å². The smallest absolute Gasteiger partial charge is 0.360 e. The van der Waals surface area contributed by atoms with E-state index >= 15 is 0 Å². The Kier molecular flexibility index (Phi) is 3.85. The third-order valence-corrected chi connectivity index (χ3v) is 6.29. The van der Waals surface area contributed by atoms with Gasteiger partial charge in [0.25, 0.3) is 0 Å². The second kappa shape index (κ2) is 6.15. The lowest BCUT2D eigenvalue weighted by molar-refractivity contribution is -0.145. The molecule has 0 N–H and O–H groups in total. The van der Waals surface area contributed by atoms with Crippen LogP contribution in [0.3, 0.4) is 0 Å². The highest BCUT2D eigenvalue weighted by atomic mass is 19.4. The zero-order valence-corrected chi connectivity index (χ0v) is 15.1. The maximum atomic E-state index is 13.3. The molecule has 0 spiro atoms. The van der Waals surface area contributed by atoms with Gasteiger partial charge in [-0.05, 0) is 83.3 Å². The first-order chi connectivity index (χ1) is 13.0. The highest BCUT2D eigenvalue weighted by Crippen LogP contribution is 2.39. The van der Waals surface area contributed by atoms with Crippen molar-refractivity contribution in [3.63, 3.8) is 0 Å². The minimum atomic E-state index is -4.17. The SMILES string of the molecule is FC(F)(F)[C@@H]1CCCN1c1ccc2c(ccc3c4c(ccc32)CCCC4)c1. The van der Waals surface area contributed by atoms with Crippen molar-refractivity contribution in [2.24, 2.45) is 0 Å². The van der Waals surface area contributed by atoms with Crippen LogP contribution in [0.15, 0.2) is 42.5 Å². The van der Waals surface area contributed by atoms with Crippen molar-refractivity contribution < 1.29 is 13.2 Å². The van der Waals surface area contributed by atoms with Crippen molar-refractivity contribution in [1.29, 1.82) is 0 Å². The molecule has 0 amide bonds. The van der Waals surface area contributed by atoms with Crippen molar-refractivity contribution in [2.75, 3.05) is 11.4 Å². The molecule has 1 aliphatic carbocycles. The van der Waals surface area contributed by atoms with Gasteiger partial charge in [-0.3, -0.25) is 0 Å². The average molecular weight is 369 g/mol. The zero-order chi connectivity index (χ0) is 18.6. The number of alkyl halides is 3. The Morgan fingerprint density at radius 1 is 0.815 bits per heavy atom. The minimum absolute atomic E-state index is 0.186. The summed E-state index contributed by atoms with van der Waals surface area (Å²) in [6, 6.07) is 13.1. The standard InChI is InChI=1S/C23H22F3N/c24-23(25,26)22-6-3-13-27(22)17-9-12-19-16(14-17)8-11-20-18-5-2-1-4-15(18)7-10-21(19)20/h7-12,14,22H,1-6,13H2/t22-/m0/s1. The quantitative estimate of drug-likeness (QED) is 0.449. The fourth-order valence-electron chi connectivity index (χ4n) is 4.98. The Hall–Kier alpha value is -2.23. The second-order valence-corrected chi connectivity index (χ2v) is 7.87. The van der Waals surface area contributed by atoms with E-state index in [1.807, 2.05) is 18.2 Å². The molecule has 0 bridgehead atoms. The molecule has 0 radical (unpaired) electrons. The zero-order valence-electron chi connectivity index (χ0n) is 15.1. The topological polar surface area (TPSA) is 3.24 Å². The van der Waals surface area contributed by atoms with E-state index in [4.69, 9.17) is 0 Å². The first-order valence-corrected chi connectivity index (χ1v) is 9.83. The Balaban J connectivity index is 1.62. The molecule has 3 aromatic carbocycles. The van der Waals surface area contributed by atoms with E-state index in [0.29, 0.717) is 18.7 Å². The highest BCUT2D eigenvalue weighted by Gasteiger charge is 2.46. The van der Waals surface area contributed by atoms with Crippen LogP contribution in [0.5, 0.6) is 0 Å². The molecule has 1 atom stereocenters. The third kappa shape index (κ3) is 2.77. The number of rotatable bonds is 1. The molecule has 1 aliphatic heterocycles. The van der Waals surface area contributed by atoms with E-state index in [-0.39, 0.29) is 6.42 Å². The van der Waals surface area contributed by atoms with E-state index in [1.165, 1.54) is 39.6 Å². The second-order valence-electron chi connectivity index (χ2n) is 7.87. The summed E-state index contributed by atoms with van der Waals surface area (Å²) >= 11 is 0. The minimum Gasteiger partial charge on any atom is -0.360 e. The van der Waals surface area contributed by atoms with E-state index in [0.717, 1.165) is 23.6 Å². The molecule has 140 valence electrons. The van der Waals surface area contributed by atoms with Crippen molar-refractivity contribution in [3.05, 3.63) is 53.6 Å². The molecule has 5 rings (SSSR count). The Bertz CT molecular complexity index is 1020. The first-order valence-electron chi connectivity index (χ1n) is 9.83. The van der Waals surface area contributed by atoms with Gasteiger partial charge >= 0.3 is 6.18 Å². The number of hydrogen-bond acceptors (Lipinski definition) is 1. The third-order valence-electron chi connectivity index (χ3n) is 6.29. The maximum absolute atomic E-state index is 13.3. The van der Waals surface area contributed by atoms with Crippen LogP contribution in [-0.2, 0) is 12.8 Å². The van der Waals surface area contributed by atoms with Crippen molar-refractivity contribution in [1.82, 2.24) is 0 Å². The molecule has 2 aliphatic rings. The molecule has 0 saturated carbocycles. The van der Waals surface area contributed by atoms with E-state index in [1.54, 1.807) is 0 Å². The molecule has 3 aromatic rings. The average Bonchev–Trinajstić information content (AvgIpc) is 3.17. The van der Waals surface area contributed by atoms with E-state index in [9.17, 15) is 13.2 Å². The van der Waals surface area contributed by atoms with Crippen LogP contribution in [0.2, 0.25) is 0 Å². The predicted octanol–water partition coefficient (Wildman–Crippen LogP) is 6.40. The molecular formula is C23H22F3N. The van der Waals surface area contributed by atoms with Crippen molar-refractivity contribution >= 4 is 27.2 Å². The fraction of sp³-hybridized carbons (Fsp3) is 0.391. The fourth-order valence-corrected chi connectivity index (χ4v) is 4.98. The van der Waals surface area contributed by atoms with Gasteiger partial charge in [-0.1, -0.05) is 30.3 Å². The van der Waals surface area contributed by atoms with Gasteiger partial charge in [-0.2, -0.15) is 13.2 Å². The van der Waals surface area contributed by atoms with Crippen molar-refractivity contribution in [2.45, 2.75) is 50.7 Å². The summed E-state index contributed by atoms with van der Waals surface area (Å²) in [6.45, 7) is 0.469. The van der Waals surface area contributed by atoms with Gasteiger partial charge in [0, 0.05) is 12.2 Å². The monoisotopic (exact) mass is 369 g/mol. The molecule has 0 unspecified atom stereocenters.